The predicted octanol–water partition coefficient (Wildman–Crippen LogP) is 0.157. The molecular formula is C6H6F2N4O4S. The maximum atomic E-state index is 12.4. The Hall–Kier alpha value is -1.88. The van der Waals surface area contributed by atoms with Crippen molar-refractivity contribution in [1.82, 2.24) is 4.98 Å². The first-order valence-electron chi connectivity index (χ1n) is 3.90. The number of hydrogen-bond acceptors (Lipinski definition) is 6. The molecule has 0 amide bonds. The topological polar surface area (TPSA) is 142 Å². The van der Waals surface area contributed by atoms with Crippen molar-refractivity contribution in [3.05, 3.63) is 21.7 Å². The molecule has 0 aromatic carbocycles. The summed E-state index contributed by atoms with van der Waals surface area (Å²) in [5, 5.41) is 14.1. The number of rotatable bonds is 3. The van der Waals surface area contributed by atoms with E-state index in [0.29, 0.717) is 6.07 Å². The average molecular weight is 268 g/mol. The second kappa shape index (κ2) is 4.18. The fourth-order valence-electron chi connectivity index (χ4n) is 1.05. The van der Waals surface area contributed by atoms with Crippen molar-refractivity contribution in [2.24, 2.45) is 5.14 Å². The predicted molar refractivity (Wildman–Crippen MR) is 51.6 cm³/mol. The van der Waals surface area contributed by atoms with E-state index in [0.717, 1.165) is 0 Å². The fourth-order valence-corrected chi connectivity index (χ4v) is 1.65. The van der Waals surface area contributed by atoms with Gasteiger partial charge in [-0.25, -0.2) is 22.3 Å². The van der Waals surface area contributed by atoms with Gasteiger partial charge in [0.1, 0.15) is 5.56 Å². The van der Waals surface area contributed by atoms with Crippen LogP contribution in [0.1, 0.15) is 12.0 Å². The van der Waals surface area contributed by atoms with Crippen molar-refractivity contribution in [3.8, 4) is 0 Å². The molecule has 11 heteroatoms. The lowest BCUT2D eigenvalue weighted by atomic mass is 10.2. The summed E-state index contributed by atoms with van der Waals surface area (Å²) in [6.07, 6.45) is -3.21. The van der Waals surface area contributed by atoms with Crippen LogP contribution in [0, 0.1) is 10.1 Å². The number of anilines is 1. The number of pyridine rings is 1. The quantitative estimate of drug-likeness (QED) is 0.590. The van der Waals surface area contributed by atoms with Crippen LogP contribution in [0.15, 0.2) is 11.1 Å². The SMILES string of the molecule is Nc1cc(C(F)F)c([N+](=O)[O-])nc1S(N)(=O)=O. The second-order valence-corrected chi connectivity index (χ2v) is 4.38. The van der Waals surface area contributed by atoms with Gasteiger partial charge in [0.15, 0.2) is 0 Å². The molecule has 0 saturated carbocycles. The maximum absolute atomic E-state index is 12.4. The monoisotopic (exact) mass is 268 g/mol. The Morgan fingerprint density at radius 3 is 2.35 bits per heavy atom. The Kier molecular flexibility index (Phi) is 3.24. The van der Waals surface area contributed by atoms with E-state index in [9.17, 15) is 27.3 Å². The molecule has 0 aliphatic heterocycles. The molecule has 0 saturated heterocycles. The molecule has 0 spiro atoms. The van der Waals surface area contributed by atoms with E-state index >= 15 is 0 Å². The van der Waals surface area contributed by atoms with Crippen LogP contribution < -0.4 is 10.9 Å². The average Bonchev–Trinajstić information content (AvgIpc) is 2.14. The summed E-state index contributed by atoms with van der Waals surface area (Å²) < 4.78 is 46.7. The lowest BCUT2D eigenvalue weighted by Gasteiger charge is -2.04. The van der Waals surface area contributed by atoms with Gasteiger partial charge in [0.05, 0.1) is 5.69 Å². The Morgan fingerprint density at radius 2 is 2.00 bits per heavy atom. The molecule has 0 unspecified atom stereocenters. The number of nitrogens with zero attached hydrogens (tertiary/aromatic N) is 2. The lowest BCUT2D eigenvalue weighted by molar-refractivity contribution is -0.391. The number of nitrogens with two attached hydrogens (primary N) is 2. The molecule has 8 nitrogen and oxygen atoms in total. The van der Waals surface area contributed by atoms with Crippen molar-refractivity contribution >= 4 is 21.5 Å². The van der Waals surface area contributed by atoms with Gasteiger partial charge in [-0.15, -0.1) is 0 Å². The van der Waals surface area contributed by atoms with Crippen LogP contribution in [-0.2, 0) is 10.0 Å². The number of nitrogen functional groups attached to an aromatic ring is 1. The van der Waals surface area contributed by atoms with Gasteiger partial charge in [-0.3, -0.25) is 0 Å². The van der Waals surface area contributed by atoms with E-state index in [1.54, 1.807) is 0 Å². The smallest absolute Gasteiger partial charge is 0.374 e. The van der Waals surface area contributed by atoms with E-state index in [1.165, 1.54) is 0 Å². The zero-order valence-corrected chi connectivity index (χ0v) is 8.82. The van der Waals surface area contributed by atoms with Gasteiger partial charge in [-0.1, -0.05) is 0 Å². The number of sulfonamides is 1. The molecule has 94 valence electrons. The van der Waals surface area contributed by atoms with E-state index < -0.39 is 43.5 Å². The summed E-state index contributed by atoms with van der Waals surface area (Å²) in [6, 6.07) is 0.468. The van der Waals surface area contributed by atoms with Gasteiger partial charge in [0.2, 0.25) is 0 Å². The summed E-state index contributed by atoms with van der Waals surface area (Å²) in [5.74, 6) is -1.29. The third-order valence-electron chi connectivity index (χ3n) is 1.70. The Bertz CT molecular complexity index is 574. The molecule has 0 radical (unpaired) electrons. The molecule has 1 heterocycles. The summed E-state index contributed by atoms with van der Waals surface area (Å²) in [6.45, 7) is 0. The maximum Gasteiger partial charge on any atom is 0.374 e. The van der Waals surface area contributed by atoms with Crippen molar-refractivity contribution in [2.45, 2.75) is 11.5 Å². The first kappa shape index (κ1) is 13.2. The molecular weight excluding hydrogens is 262 g/mol. The molecule has 0 aliphatic carbocycles. The molecule has 17 heavy (non-hydrogen) atoms. The minimum absolute atomic E-state index is 0.468. The number of hydrogen-bond donors (Lipinski definition) is 2. The number of alkyl halides is 2. The van der Waals surface area contributed by atoms with E-state index in [-0.39, 0.29) is 0 Å². The molecule has 1 aromatic heterocycles. The first-order valence-corrected chi connectivity index (χ1v) is 5.45. The van der Waals surface area contributed by atoms with Gasteiger partial charge in [-0.05, 0) is 16.0 Å². The zero-order chi connectivity index (χ0) is 13.4. The van der Waals surface area contributed by atoms with E-state index in [2.05, 4.69) is 10.1 Å². The van der Waals surface area contributed by atoms with Crippen LogP contribution in [-0.4, -0.2) is 18.3 Å². The third kappa shape index (κ3) is 2.62. The van der Waals surface area contributed by atoms with Gasteiger partial charge >= 0.3 is 10.8 Å². The standard InChI is InChI=1S/C6H6F2N4O4S/c7-4(8)2-1-3(9)6(17(10,15)16)11-5(2)12(13)14/h1,4H,9H2,(H2,10,15,16). The summed E-state index contributed by atoms with van der Waals surface area (Å²) in [5.41, 5.74) is 3.39. The molecule has 0 fully saturated rings. The minimum Gasteiger partial charge on any atom is -0.394 e. The zero-order valence-electron chi connectivity index (χ0n) is 8.00. The fraction of sp³-hybridized carbons (Fsp3) is 0.167. The van der Waals surface area contributed by atoms with Gasteiger partial charge in [0, 0.05) is 0 Å². The number of primary sulfonamides is 1. The van der Waals surface area contributed by atoms with Crippen molar-refractivity contribution < 1.29 is 22.1 Å². The molecule has 4 N–H and O–H groups in total. The summed E-state index contributed by atoms with van der Waals surface area (Å²) >= 11 is 0. The van der Waals surface area contributed by atoms with Crippen molar-refractivity contribution in [2.75, 3.05) is 5.73 Å². The first-order chi connectivity index (χ1) is 7.64. The Morgan fingerprint density at radius 1 is 1.47 bits per heavy atom. The highest BCUT2D eigenvalue weighted by Crippen LogP contribution is 2.31. The number of nitro groups is 1. The highest BCUT2D eigenvalue weighted by Gasteiger charge is 2.30. The molecule has 1 aromatic rings. The van der Waals surface area contributed by atoms with E-state index in [1.807, 2.05) is 0 Å². The highest BCUT2D eigenvalue weighted by atomic mass is 32.2. The molecule has 0 atom stereocenters. The molecule has 0 aliphatic rings. The van der Waals surface area contributed by atoms with Crippen LogP contribution in [0.5, 0.6) is 0 Å². The lowest BCUT2D eigenvalue weighted by Crippen LogP contribution is -2.17. The van der Waals surface area contributed by atoms with Gasteiger partial charge < -0.3 is 15.8 Å². The van der Waals surface area contributed by atoms with Gasteiger partial charge in [-0.2, -0.15) is 0 Å². The van der Waals surface area contributed by atoms with Crippen LogP contribution >= 0.6 is 0 Å². The van der Waals surface area contributed by atoms with Crippen LogP contribution in [0.25, 0.3) is 0 Å². The largest absolute Gasteiger partial charge is 0.394 e. The third-order valence-corrected chi connectivity index (χ3v) is 2.57. The normalized spacial score (nSPS) is 11.8. The van der Waals surface area contributed by atoms with Crippen molar-refractivity contribution in [3.63, 3.8) is 0 Å². The minimum atomic E-state index is -4.42. The van der Waals surface area contributed by atoms with Crippen molar-refractivity contribution in [1.29, 1.82) is 0 Å². The Balaban J connectivity index is 3.63. The summed E-state index contributed by atoms with van der Waals surface area (Å²) in [4.78, 5) is 12.2. The Labute approximate surface area is 93.4 Å². The van der Waals surface area contributed by atoms with Crippen LogP contribution in [0.2, 0.25) is 0 Å². The number of halogens is 2. The van der Waals surface area contributed by atoms with Crippen LogP contribution in [0.4, 0.5) is 20.3 Å². The highest BCUT2D eigenvalue weighted by molar-refractivity contribution is 7.89. The summed E-state index contributed by atoms with van der Waals surface area (Å²) in [7, 11) is -4.42. The molecule has 1 rings (SSSR count). The van der Waals surface area contributed by atoms with Crippen LogP contribution in [0.3, 0.4) is 0 Å². The number of aromatic nitrogens is 1. The molecule has 0 bridgehead atoms. The van der Waals surface area contributed by atoms with E-state index in [4.69, 9.17) is 5.73 Å². The second-order valence-electron chi connectivity index (χ2n) is 2.90. The van der Waals surface area contributed by atoms with Gasteiger partial charge in [0.25, 0.3) is 16.4 Å².